The molecular weight excluding hydrogens is 276 g/mol. The minimum absolute atomic E-state index is 0.188. The third-order valence-corrected chi connectivity index (χ3v) is 6.47. The van der Waals surface area contributed by atoms with Crippen molar-refractivity contribution in [2.45, 2.75) is 43.1 Å². The van der Waals surface area contributed by atoms with Crippen LogP contribution in [-0.2, 0) is 4.79 Å². The molecule has 2 heterocycles. The van der Waals surface area contributed by atoms with Gasteiger partial charge in [0, 0.05) is 30.1 Å². The lowest BCUT2D eigenvalue weighted by Gasteiger charge is -2.27. The summed E-state index contributed by atoms with van der Waals surface area (Å²) in [6.07, 6.45) is 5.35. The van der Waals surface area contributed by atoms with E-state index in [1.54, 1.807) is 0 Å². The minimum Gasteiger partial charge on any atom is -0.355 e. The molecular formula is C14H26N2OS2. The number of carbonyl (C=O) groups excluding carboxylic acids is 1. The van der Waals surface area contributed by atoms with E-state index in [9.17, 15) is 4.79 Å². The molecule has 1 N–H and O–H groups in total. The molecule has 0 aliphatic carbocycles. The molecule has 2 fully saturated rings. The average Bonchev–Trinajstić information content (AvgIpc) is 3.02. The summed E-state index contributed by atoms with van der Waals surface area (Å²) in [5.74, 6) is 2.80. The van der Waals surface area contributed by atoms with Crippen molar-refractivity contribution < 1.29 is 4.79 Å². The maximum Gasteiger partial charge on any atom is 0.234 e. The predicted octanol–water partition coefficient (Wildman–Crippen LogP) is 2.22. The predicted molar refractivity (Wildman–Crippen MR) is 86.1 cm³/mol. The first kappa shape index (κ1) is 15.5. The van der Waals surface area contributed by atoms with Crippen molar-refractivity contribution in [1.82, 2.24) is 10.2 Å². The van der Waals surface area contributed by atoms with Crippen LogP contribution < -0.4 is 5.32 Å². The number of likely N-dealkylation sites (N-methyl/N-ethyl adjacent to an activating group) is 1. The number of hydrogen-bond donors (Lipinski definition) is 1. The highest BCUT2D eigenvalue weighted by molar-refractivity contribution is 8.00. The van der Waals surface area contributed by atoms with Crippen LogP contribution in [0.1, 0.15) is 32.6 Å². The molecule has 3 nitrogen and oxygen atoms in total. The van der Waals surface area contributed by atoms with Gasteiger partial charge < -0.3 is 5.32 Å². The Morgan fingerprint density at radius 3 is 2.16 bits per heavy atom. The van der Waals surface area contributed by atoms with Gasteiger partial charge in [0.2, 0.25) is 5.91 Å². The fourth-order valence-electron chi connectivity index (χ4n) is 2.81. The van der Waals surface area contributed by atoms with E-state index < -0.39 is 0 Å². The molecule has 2 rings (SSSR count). The number of thioether (sulfide) groups is 2. The van der Waals surface area contributed by atoms with Crippen LogP contribution in [0, 0.1) is 0 Å². The van der Waals surface area contributed by atoms with Crippen LogP contribution in [-0.4, -0.2) is 59.0 Å². The van der Waals surface area contributed by atoms with Gasteiger partial charge in [0.05, 0.1) is 6.54 Å². The first-order valence-electron chi connectivity index (χ1n) is 7.50. The van der Waals surface area contributed by atoms with Gasteiger partial charge in [-0.25, -0.2) is 0 Å². The lowest BCUT2D eigenvalue weighted by molar-refractivity contribution is -0.122. The van der Waals surface area contributed by atoms with Crippen molar-refractivity contribution in [2.24, 2.45) is 0 Å². The molecule has 2 saturated heterocycles. The number of nitrogens with zero attached hydrogens (tertiary/aromatic N) is 1. The molecule has 0 saturated carbocycles. The Hall–Kier alpha value is 0.130. The normalized spacial score (nSPS) is 27.1. The van der Waals surface area contributed by atoms with Gasteiger partial charge >= 0.3 is 0 Å². The summed E-state index contributed by atoms with van der Waals surface area (Å²) in [5.41, 5.74) is 0. The second-order valence-corrected chi connectivity index (χ2v) is 8.23. The van der Waals surface area contributed by atoms with Crippen LogP contribution in [0.2, 0.25) is 0 Å². The van der Waals surface area contributed by atoms with Crippen molar-refractivity contribution in [3.05, 3.63) is 0 Å². The number of carbonyl (C=O) groups is 1. The third-order valence-electron chi connectivity index (χ3n) is 3.71. The van der Waals surface area contributed by atoms with Gasteiger partial charge in [-0.3, -0.25) is 9.69 Å². The summed E-state index contributed by atoms with van der Waals surface area (Å²) >= 11 is 4.18. The smallest absolute Gasteiger partial charge is 0.234 e. The van der Waals surface area contributed by atoms with E-state index in [4.69, 9.17) is 0 Å². The number of hydrogen-bond acceptors (Lipinski definition) is 4. The van der Waals surface area contributed by atoms with Gasteiger partial charge in [-0.1, -0.05) is 0 Å². The summed E-state index contributed by atoms with van der Waals surface area (Å²) in [6.45, 7) is 5.50. The molecule has 0 radical (unpaired) electrons. The molecule has 19 heavy (non-hydrogen) atoms. The molecule has 2 aliphatic heterocycles. The maximum atomic E-state index is 11.8. The zero-order valence-corrected chi connectivity index (χ0v) is 13.5. The largest absolute Gasteiger partial charge is 0.355 e. The zero-order valence-electron chi connectivity index (χ0n) is 11.9. The van der Waals surface area contributed by atoms with Gasteiger partial charge in [0.1, 0.15) is 0 Å². The highest BCUT2D eigenvalue weighted by atomic mass is 32.2. The Labute approximate surface area is 125 Å². The van der Waals surface area contributed by atoms with E-state index in [0.717, 1.165) is 30.1 Å². The number of nitrogens with one attached hydrogen (secondary N) is 1. The monoisotopic (exact) mass is 302 g/mol. The summed E-state index contributed by atoms with van der Waals surface area (Å²) in [4.78, 5) is 14.2. The van der Waals surface area contributed by atoms with Crippen molar-refractivity contribution in [3.63, 3.8) is 0 Å². The summed E-state index contributed by atoms with van der Waals surface area (Å²) in [6, 6.07) is 0. The Morgan fingerprint density at radius 1 is 1.16 bits per heavy atom. The topological polar surface area (TPSA) is 32.3 Å². The summed E-state index contributed by atoms with van der Waals surface area (Å²) in [5, 5.41) is 4.43. The van der Waals surface area contributed by atoms with E-state index in [1.165, 1.54) is 37.2 Å². The van der Waals surface area contributed by atoms with E-state index in [-0.39, 0.29) is 5.91 Å². The van der Waals surface area contributed by atoms with Crippen LogP contribution >= 0.6 is 23.5 Å². The maximum absolute atomic E-state index is 11.8. The molecule has 1 amide bonds. The van der Waals surface area contributed by atoms with Gasteiger partial charge in [-0.05, 0) is 44.1 Å². The SMILES string of the molecule is CCNC(=O)CN(CC1CCCS1)CC1CCCS1. The van der Waals surface area contributed by atoms with E-state index in [1.807, 2.05) is 6.92 Å². The molecule has 110 valence electrons. The Morgan fingerprint density at radius 2 is 1.74 bits per heavy atom. The molecule has 2 atom stereocenters. The van der Waals surface area contributed by atoms with Crippen LogP contribution in [0.15, 0.2) is 0 Å². The highest BCUT2D eigenvalue weighted by Crippen LogP contribution is 2.29. The van der Waals surface area contributed by atoms with Gasteiger partial charge in [0.25, 0.3) is 0 Å². The standard InChI is InChI=1S/C14H26N2OS2/c1-2-15-14(17)11-16(9-12-5-3-7-18-12)10-13-6-4-8-19-13/h12-13H,2-11H2,1H3,(H,15,17). The average molecular weight is 303 g/mol. The van der Waals surface area contributed by atoms with Crippen LogP contribution in [0.3, 0.4) is 0 Å². The molecule has 2 unspecified atom stereocenters. The molecule has 0 bridgehead atoms. The lowest BCUT2D eigenvalue weighted by atomic mass is 10.2. The van der Waals surface area contributed by atoms with Gasteiger partial charge in [-0.2, -0.15) is 23.5 Å². The molecule has 2 aliphatic rings. The summed E-state index contributed by atoms with van der Waals surface area (Å²) < 4.78 is 0. The Bertz CT molecular complexity index is 259. The van der Waals surface area contributed by atoms with Crippen molar-refractivity contribution >= 4 is 29.4 Å². The molecule has 5 heteroatoms. The van der Waals surface area contributed by atoms with Gasteiger partial charge in [-0.15, -0.1) is 0 Å². The van der Waals surface area contributed by atoms with Crippen molar-refractivity contribution in [2.75, 3.05) is 37.7 Å². The van der Waals surface area contributed by atoms with Gasteiger partial charge in [0.15, 0.2) is 0 Å². The Balaban J connectivity index is 1.81. The second kappa shape index (κ2) is 8.42. The van der Waals surface area contributed by atoms with E-state index in [2.05, 4.69) is 33.7 Å². The number of rotatable bonds is 7. The zero-order chi connectivity index (χ0) is 13.5. The number of amides is 1. The molecule has 0 aromatic rings. The minimum atomic E-state index is 0.188. The highest BCUT2D eigenvalue weighted by Gasteiger charge is 2.24. The van der Waals surface area contributed by atoms with Crippen LogP contribution in [0.4, 0.5) is 0 Å². The van der Waals surface area contributed by atoms with Crippen molar-refractivity contribution in [1.29, 1.82) is 0 Å². The Kier molecular flexibility index (Phi) is 6.88. The van der Waals surface area contributed by atoms with Crippen molar-refractivity contribution in [3.8, 4) is 0 Å². The summed E-state index contributed by atoms with van der Waals surface area (Å²) in [7, 11) is 0. The van der Waals surface area contributed by atoms with E-state index in [0.29, 0.717) is 6.54 Å². The first-order valence-corrected chi connectivity index (χ1v) is 9.60. The fraction of sp³-hybridized carbons (Fsp3) is 0.929. The quantitative estimate of drug-likeness (QED) is 0.781. The first-order chi connectivity index (χ1) is 9.28. The lowest BCUT2D eigenvalue weighted by Crippen LogP contribution is -2.42. The molecule has 0 aromatic heterocycles. The fourth-order valence-corrected chi connectivity index (χ4v) is 5.44. The van der Waals surface area contributed by atoms with Crippen LogP contribution in [0.5, 0.6) is 0 Å². The third kappa shape index (κ3) is 5.56. The molecule has 0 aromatic carbocycles. The van der Waals surface area contributed by atoms with E-state index >= 15 is 0 Å². The van der Waals surface area contributed by atoms with Crippen LogP contribution in [0.25, 0.3) is 0 Å². The molecule has 0 spiro atoms. The second-order valence-electron chi connectivity index (χ2n) is 5.42.